The molecule has 2 N–H and O–H groups in total. The molecule has 3 rings (SSSR count). The molecule has 1 aromatic heterocycles. The average Bonchev–Trinajstić information content (AvgIpc) is 3.01. The van der Waals surface area contributed by atoms with Crippen LogP contribution in [0.1, 0.15) is 50.5 Å². The van der Waals surface area contributed by atoms with Crippen LogP contribution in [-0.4, -0.2) is 28.9 Å². The highest BCUT2D eigenvalue weighted by atomic mass is 16.5. The van der Waals surface area contributed by atoms with Gasteiger partial charge in [-0.25, -0.2) is 4.98 Å². The van der Waals surface area contributed by atoms with Gasteiger partial charge in [0.1, 0.15) is 12.1 Å². The third-order valence-electron chi connectivity index (χ3n) is 4.42. The molecule has 2 aliphatic rings. The van der Waals surface area contributed by atoms with Gasteiger partial charge < -0.3 is 15.4 Å². The zero-order valence-corrected chi connectivity index (χ0v) is 13.2. The first kappa shape index (κ1) is 15.8. The molecule has 1 unspecified atom stereocenters. The first-order chi connectivity index (χ1) is 11.2. The van der Waals surface area contributed by atoms with Crippen LogP contribution >= 0.6 is 0 Å². The van der Waals surface area contributed by atoms with Crippen LogP contribution in [0.2, 0.25) is 0 Å². The van der Waals surface area contributed by atoms with Gasteiger partial charge in [-0.05, 0) is 43.7 Å². The van der Waals surface area contributed by atoms with Gasteiger partial charge in [-0.2, -0.15) is 0 Å². The molecule has 1 saturated heterocycles. The van der Waals surface area contributed by atoms with Crippen molar-refractivity contribution in [1.82, 2.24) is 15.6 Å². The van der Waals surface area contributed by atoms with Crippen LogP contribution in [-0.2, 0) is 16.1 Å². The summed E-state index contributed by atoms with van der Waals surface area (Å²) in [5, 5.41) is 5.52. The van der Waals surface area contributed by atoms with Crippen LogP contribution in [0.25, 0.3) is 0 Å². The fraction of sp³-hybridized carbons (Fsp3) is 0.588. The van der Waals surface area contributed by atoms with Gasteiger partial charge >= 0.3 is 0 Å². The summed E-state index contributed by atoms with van der Waals surface area (Å²) in [6.45, 7) is 0.411. The Balaban J connectivity index is 1.50. The fourth-order valence-electron chi connectivity index (χ4n) is 3.10. The number of rotatable bonds is 5. The highest BCUT2D eigenvalue weighted by Gasteiger charge is 2.26. The molecule has 23 heavy (non-hydrogen) atoms. The number of hydrogen-bond acceptors (Lipinski definition) is 4. The van der Waals surface area contributed by atoms with Crippen molar-refractivity contribution >= 4 is 11.8 Å². The van der Waals surface area contributed by atoms with Crippen molar-refractivity contribution in [3.05, 3.63) is 23.9 Å². The minimum absolute atomic E-state index is 0.0581. The average molecular weight is 317 g/mol. The molecule has 0 aromatic carbocycles. The van der Waals surface area contributed by atoms with Crippen molar-refractivity contribution in [3.8, 4) is 5.88 Å². The molecule has 0 radical (unpaired) electrons. The molecule has 124 valence electrons. The number of nitrogens with one attached hydrogen (secondary N) is 2. The van der Waals surface area contributed by atoms with Crippen molar-refractivity contribution in [2.45, 2.75) is 63.6 Å². The van der Waals surface area contributed by atoms with E-state index in [2.05, 4.69) is 15.6 Å². The molecular weight excluding hydrogens is 294 g/mol. The Morgan fingerprint density at radius 2 is 2.13 bits per heavy atom. The number of amides is 2. The number of carbonyl (C=O) groups is 2. The van der Waals surface area contributed by atoms with Crippen molar-refractivity contribution in [1.29, 1.82) is 0 Å². The number of nitrogens with zero attached hydrogens (tertiary/aromatic N) is 1. The summed E-state index contributed by atoms with van der Waals surface area (Å²) < 4.78 is 5.94. The lowest BCUT2D eigenvalue weighted by atomic mass is 9.98. The van der Waals surface area contributed by atoms with Crippen molar-refractivity contribution < 1.29 is 14.3 Å². The molecule has 1 atom stereocenters. The van der Waals surface area contributed by atoms with Gasteiger partial charge in [-0.1, -0.05) is 6.42 Å². The predicted molar refractivity (Wildman–Crippen MR) is 84.7 cm³/mol. The number of carbonyl (C=O) groups excluding carboxylic acids is 2. The van der Waals surface area contributed by atoms with E-state index in [0.717, 1.165) is 18.4 Å². The first-order valence-electron chi connectivity index (χ1n) is 8.39. The minimum atomic E-state index is -0.401. The van der Waals surface area contributed by atoms with Gasteiger partial charge in [0.15, 0.2) is 0 Å². The van der Waals surface area contributed by atoms with E-state index in [4.69, 9.17) is 4.74 Å². The molecule has 1 saturated carbocycles. The predicted octanol–water partition coefficient (Wildman–Crippen LogP) is 1.69. The van der Waals surface area contributed by atoms with E-state index in [1.54, 1.807) is 6.20 Å². The molecule has 1 aliphatic carbocycles. The van der Waals surface area contributed by atoms with Crippen LogP contribution < -0.4 is 15.4 Å². The minimum Gasteiger partial charge on any atom is -0.474 e. The van der Waals surface area contributed by atoms with Gasteiger partial charge in [0.2, 0.25) is 17.7 Å². The lowest BCUT2D eigenvalue weighted by Crippen LogP contribution is -2.41. The standard InChI is InChI=1S/C17H23N3O3/c21-15-7-6-14(20-15)17(22)19-11-12-8-9-18-16(10-12)23-13-4-2-1-3-5-13/h8-10,13-14H,1-7,11H2,(H,19,22)(H,20,21). The lowest BCUT2D eigenvalue weighted by molar-refractivity contribution is -0.125. The SMILES string of the molecule is O=C1CCC(C(=O)NCc2ccnc(OC3CCCCC3)c2)N1. The molecule has 0 spiro atoms. The quantitative estimate of drug-likeness (QED) is 0.866. The Kier molecular flexibility index (Phi) is 5.10. The van der Waals surface area contributed by atoms with Crippen LogP contribution in [0, 0.1) is 0 Å². The molecule has 0 bridgehead atoms. The smallest absolute Gasteiger partial charge is 0.242 e. The summed E-state index contributed by atoms with van der Waals surface area (Å²) in [5.74, 6) is 0.428. The van der Waals surface area contributed by atoms with Gasteiger partial charge in [-0.15, -0.1) is 0 Å². The Morgan fingerprint density at radius 3 is 2.87 bits per heavy atom. The van der Waals surface area contributed by atoms with Crippen molar-refractivity contribution in [2.75, 3.05) is 0 Å². The molecule has 1 aromatic rings. The maximum atomic E-state index is 12.0. The maximum absolute atomic E-state index is 12.0. The van der Waals surface area contributed by atoms with Crippen LogP contribution in [0.4, 0.5) is 0 Å². The summed E-state index contributed by atoms with van der Waals surface area (Å²) in [6.07, 6.45) is 8.85. The first-order valence-corrected chi connectivity index (χ1v) is 8.39. The summed E-state index contributed by atoms with van der Waals surface area (Å²) in [4.78, 5) is 27.4. The zero-order valence-electron chi connectivity index (χ0n) is 13.2. The van der Waals surface area contributed by atoms with Gasteiger partial charge in [0.25, 0.3) is 0 Å². The summed E-state index contributed by atoms with van der Waals surface area (Å²) in [5.41, 5.74) is 0.948. The van der Waals surface area contributed by atoms with E-state index in [1.807, 2.05) is 12.1 Å². The van der Waals surface area contributed by atoms with Crippen molar-refractivity contribution in [2.24, 2.45) is 0 Å². The monoisotopic (exact) mass is 317 g/mol. The van der Waals surface area contributed by atoms with E-state index in [9.17, 15) is 9.59 Å². The molecule has 2 amide bonds. The third-order valence-corrected chi connectivity index (χ3v) is 4.42. The normalized spacial score (nSPS) is 21.7. The zero-order chi connectivity index (χ0) is 16.1. The third kappa shape index (κ3) is 4.43. The molecule has 6 heteroatoms. The second-order valence-electron chi connectivity index (χ2n) is 6.26. The number of aromatic nitrogens is 1. The number of ether oxygens (including phenoxy) is 1. The Hall–Kier alpha value is -2.11. The maximum Gasteiger partial charge on any atom is 0.242 e. The fourth-order valence-corrected chi connectivity index (χ4v) is 3.10. The van der Waals surface area contributed by atoms with E-state index in [-0.39, 0.29) is 17.9 Å². The van der Waals surface area contributed by atoms with E-state index >= 15 is 0 Å². The molecular formula is C17H23N3O3. The second-order valence-corrected chi connectivity index (χ2v) is 6.26. The molecule has 6 nitrogen and oxygen atoms in total. The topological polar surface area (TPSA) is 80.3 Å². The lowest BCUT2D eigenvalue weighted by Gasteiger charge is -2.22. The Bertz CT molecular complexity index is 570. The van der Waals surface area contributed by atoms with Crippen LogP contribution in [0.15, 0.2) is 18.3 Å². The summed E-state index contributed by atoms with van der Waals surface area (Å²) in [7, 11) is 0. The molecule has 1 aliphatic heterocycles. The number of pyridine rings is 1. The van der Waals surface area contributed by atoms with E-state index < -0.39 is 6.04 Å². The highest BCUT2D eigenvalue weighted by Crippen LogP contribution is 2.22. The highest BCUT2D eigenvalue weighted by molar-refractivity contribution is 5.90. The summed E-state index contributed by atoms with van der Waals surface area (Å²) in [6, 6.07) is 3.34. The van der Waals surface area contributed by atoms with Crippen molar-refractivity contribution in [3.63, 3.8) is 0 Å². The van der Waals surface area contributed by atoms with Gasteiger partial charge in [-0.3, -0.25) is 9.59 Å². The van der Waals surface area contributed by atoms with Gasteiger partial charge in [0, 0.05) is 25.2 Å². The second kappa shape index (κ2) is 7.44. The molecule has 2 heterocycles. The Morgan fingerprint density at radius 1 is 1.30 bits per heavy atom. The largest absolute Gasteiger partial charge is 0.474 e. The van der Waals surface area contributed by atoms with Crippen LogP contribution in [0.3, 0.4) is 0 Å². The summed E-state index contributed by atoms with van der Waals surface area (Å²) >= 11 is 0. The van der Waals surface area contributed by atoms with Crippen LogP contribution in [0.5, 0.6) is 5.88 Å². The number of hydrogen-bond donors (Lipinski definition) is 2. The van der Waals surface area contributed by atoms with E-state index in [0.29, 0.717) is 25.3 Å². The van der Waals surface area contributed by atoms with E-state index in [1.165, 1.54) is 19.3 Å². The molecule has 2 fully saturated rings. The Labute approximate surface area is 136 Å². The van der Waals surface area contributed by atoms with Gasteiger partial charge in [0.05, 0.1) is 0 Å².